The van der Waals surface area contributed by atoms with E-state index in [2.05, 4.69) is 14.7 Å². The van der Waals surface area contributed by atoms with Gasteiger partial charge < -0.3 is 5.11 Å². The van der Waals surface area contributed by atoms with E-state index in [-0.39, 0.29) is 16.1 Å². The first-order chi connectivity index (χ1) is 9.03. The van der Waals surface area contributed by atoms with Gasteiger partial charge in [0, 0.05) is 0 Å². The number of aliphatic hydroxyl groups is 1. The Morgan fingerprint density at radius 1 is 1.26 bits per heavy atom. The molecular formula is C11H10FN3O3S. The topological polar surface area (TPSA) is 92.2 Å². The van der Waals surface area contributed by atoms with E-state index in [1.165, 1.54) is 24.8 Å². The van der Waals surface area contributed by atoms with Crippen molar-refractivity contribution in [2.75, 3.05) is 4.72 Å². The van der Waals surface area contributed by atoms with Gasteiger partial charge in [-0.3, -0.25) is 4.72 Å². The summed E-state index contributed by atoms with van der Waals surface area (Å²) >= 11 is 0. The van der Waals surface area contributed by atoms with Crippen LogP contribution in [0.1, 0.15) is 5.56 Å². The van der Waals surface area contributed by atoms with Crippen molar-refractivity contribution in [1.29, 1.82) is 0 Å². The predicted molar refractivity (Wildman–Crippen MR) is 65.2 cm³/mol. The van der Waals surface area contributed by atoms with Crippen LogP contribution in [0.4, 0.5) is 10.1 Å². The molecule has 2 N–H and O–H groups in total. The number of hydrogen-bond donors (Lipinski definition) is 2. The van der Waals surface area contributed by atoms with Crippen LogP contribution in [0.2, 0.25) is 0 Å². The maximum atomic E-state index is 13.2. The molecule has 2 rings (SSSR count). The Balaban J connectivity index is 2.42. The number of sulfonamides is 1. The highest BCUT2D eigenvalue weighted by molar-refractivity contribution is 7.92. The maximum absolute atomic E-state index is 13.2. The molecule has 8 heteroatoms. The minimum absolute atomic E-state index is 0.103. The second-order valence-corrected chi connectivity index (χ2v) is 5.29. The molecule has 0 spiro atoms. The molecule has 100 valence electrons. The fourth-order valence-corrected chi connectivity index (χ4v) is 2.74. The van der Waals surface area contributed by atoms with E-state index in [9.17, 15) is 12.8 Å². The van der Waals surface area contributed by atoms with Crippen LogP contribution in [-0.2, 0) is 16.6 Å². The van der Waals surface area contributed by atoms with E-state index in [1.807, 2.05) is 0 Å². The lowest BCUT2D eigenvalue weighted by Gasteiger charge is -2.10. The third-order valence-corrected chi connectivity index (χ3v) is 3.77. The summed E-state index contributed by atoms with van der Waals surface area (Å²) in [6.07, 6.45) is 3.78. The van der Waals surface area contributed by atoms with Gasteiger partial charge in [-0.2, -0.15) is 0 Å². The molecule has 0 atom stereocenters. The van der Waals surface area contributed by atoms with Gasteiger partial charge in [0.2, 0.25) is 0 Å². The Morgan fingerprint density at radius 3 is 2.58 bits per heavy atom. The highest BCUT2D eigenvalue weighted by atomic mass is 32.2. The van der Waals surface area contributed by atoms with Crippen molar-refractivity contribution in [3.63, 3.8) is 0 Å². The summed E-state index contributed by atoms with van der Waals surface area (Å²) < 4.78 is 39.5. The number of anilines is 1. The molecule has 0 aliphatic carbocycles. The maximum Gasteiger partial charge on any atom is 0.262 e. The number of benzene rings is 1. The SMILES string of the molecule is O=S(=O)(Nc1cncnc1)c1cc(F)ccc1CO. The van der Waals surface area contributed by atoms with Gasteiger partial charge in [0.15, 0.2) is 0 Å². The third-order valence-electron chi connectivity index (χ3n) is 2.30. The molecule has 1 aromatic carbocycles. The molecule has 0 saturated heterocycles. The fourth-order valence-electron chi connectivity index (χ4n) is 1.47. The predicted octanol–water partition coefficient (Wildman–Crippen LogP) is 0.909. The zero-order valence-electron chi connectivity index (χ0n) is 9.62. The molecule has 1 aromatic heterocycles. The Labute approximate surface area is 109 Å². The summed E-state index contributed by atoms with van der Waals surface area (Å²) in [5.74, 6) is -0.707. The zero-order valence-corrected chi connectivity index (χ0v) is 10.4. The fraction of sp³-hybridized carbons (Fsp3) is 0.0909. The van der Waals surface area contributed by atoms with Gasteiger partial charge in [-0.1, -0.05) is 6.07 Å². The van der Waals surface area contributed by atoms with E-state index in [0.717, 1.165) is 12.1 Å². The first-order valence-electron chi connectivity index (χ1n) is 5.20. The number of aromatic nitrogens is 2. The summed E-state index contributed by atoms with van der Waals surface area (Å²) in [5.41, 5.74) is 0.251. The van der Waals surface area contributed by atoms with Crippen molar-refractivity contribution in [2.24, 2.45) is 0 Å². The molecule has 0 saturated carbocycles. The minimum Gasteiger partial charge on any atom is -0.392 e. The number of nitrogens with zero attached hydrogens (tertiary/aromatic N) is 2. The van der Waals surface area contributed by atoms with Gasteiger partial charge in [0.1, 0.15) is 12.1 Å². The van der Waals surface area contributed by atoms with Crippen LogP contribution in [0.3, 0.4) is 0 Å². The highest BCUT2D eigenvalue weighted by Crippen LogP contribution is 2.20. The highest BCUT2D eigenvalue weighted by Gasteiger charge is 2.19. The van der Waals surface area contributed by atoms with E-state index in [0.29, 0.717) is 0 Å². The summed E-state index contributed by atoms with van der Waals surface area (Å²) in [4.78, 5) is 7.00. The van der Waals surface area contributed by atoms with Gasteiger partial charge in [0.05, 0.1) is 29.6 Å². The quantitative estimate of drug-likeness (QED) is 0.870. The Bertz CT molecular complexity index is 677. The molecule has 2 aromatic rings. The number of hydrogen-bond acceptors (Lipinski definition) is 5. The van der Waals surface area contributed by atoms with E-state index < -0.39 is 22.4 Å². The second-order valence-electron chi connectivity index (χ2n) is 3.64. The molecule has 0 amide bonds. The Hall–Kier alpha value is -2.06. The lowest BCUT2D eigenvalue weighted by Crippen LogP contribution is -2.15. The van der Waals surface area contributed by atoms with E-state index in [1.54, 1.807) is 0 Å². The first-order valence-corrected chi connectivity index (χ1v) is 6.68. The Kier molecular flexibility index (Phi) is 3.72. The average Bonchev–Trinajstić information content (AvgIpc) is 2.39. The van der Waals surface area contributed by atoms with Crippen LogP contribution in [-0.4, -0.2) is 23.5 Å². The van der Waals surface area contributed by atoms with Crippen LogP contribution in [0.15, 0.2) is 41.8 Å². The molecular weight excluding hydrogens is 273 g/mol. The van der Waals surface area contributed by atoms with Crippen molar-refractivity contribution in [3.05, 3.63) is 48.3 Å². The minimum atomic E-state index is -4.01. The zero-order chi connectivity index (χ0) is 13.9. The largest absolute Gasteiger partial charge is 0.392 e. The normalized spacial score (nSPS) is 11.3. The van der Waals surface area contributed by atoms with E-state index in [4.69, 9.17) is 5.11 Å². The van der Waals surface area contributed by atoms with Crippen molar-refractivity contribution < 1.29 is 17.9 Å². The summed E-state index contributed by atoms with van der Waals surface area (Å²) in [7, 11) is -4.01. The van der Waals surface area contributed by atoms with Gasteiger partial charge in [-0.25, -0.2) is 22.8 Å². The number of rotatable bonds is 4. The molecule has 0 bridgehead atoms. The number of halogens is 1. The Morgan fingerprint density at radius 2 is 1.95 bits per heavy atom. The van der Waals surface area contributed by atoms with Gasteiger partial charge in [0.25, 0.3) is 10.0 Å². The summed E-state index contributed by atoms with van der Waals surface area (Å²) in [6, 6.07) is 3.14. The summed E-state index contributed by atoms with van der Waals surface area (Å²) in [6.45, 7) is -0.512. The molecule has 19 heavy (non-hydrogen) atoms. The number of nitrogens with one attached hydrogen (secondary N) is 1. The molecule has 1 heterocycles. The smallest absolute Gasteiger partial charge is 0.262 e. The molecule has 0 aliphatic heterocycles. The van der Waals surface area contributed by atoms with Crippen molar-refractivity contribution in [1.82, 2.24) is 9.97 Å². The van der Waals surface area contributed by atoms with Crippen LogP contribution in [0.25, 0.3) is 0 Å². The molecule has 0 fully saturated rings. The molecule has 0 radical (unpaired) electrons. The van der Waals surface area contributed by atoms with Gasteiger partial charge in [-0.05, 0) is 17.7 Å². The van der Waals surface area contributed by atoms with E-state index >= 15 is 0 Å². The second kappa shape index (κ2) is 5.29. The monoisotopic (exact) mass is 283 g/mol. The standard InChI is InChI=1S/C11H10FN3O3S/c12-9-2-1-8(6-16)11(3-9)19(17,18)15-10-4-13-7-14-5-10/h1-5,7,15-16H,6H2. The van der Waals surface area contributed by atoms with Crippen molar-refractivity contribution in [3.8, 4) is 0 Å². The lowest BCUT2D eigenvalue weighted by atomic mass is 10.2. The van der Waals surface area contributed by atoms with Gasteiger partial charge >= 0.3 is 0 Å². The third kappa shape index (κ3) is 3.04. The summed E-state index contributed by atoms with van der Waals surface area (Å²) in [5, 5.41) is 9.10. The molecule has 0 unspecified atom stereocenters. The van der Waals surface area contributed by atoms with Crippen LogP contribution in [0.5, 0.6) is 0 Å². The lowest BCUT2D eigenvalue weighted by molar-refractivity contribution is 0.278. The van der Waals surface area contributed by atoms with Crippen molar-refractivity contribution >= 4 is 15.7 Å². The number of aliphatic hydroxyl groups excluding tert-OH is 1. The van der Waals surface area contributed by atoms with Crippen molar-refractivity contribution in [2.45, 2.75) is 11.5 Å². The first kappa shape index (κ1) is 13.4. The van der Waals surface area contributed by atoms with Crippen LogP contribution < -0.4 is 4.72 Å². The average molecular weight is 283 g/mol. The van der Waals surface area contributed by atoms with Crippen LogP contribution >= 0.6 is 0 Å². The van der Waals surface area contributed by atoms with Crippen LogP contribution in [0, 0.1) is 5.82 Å². The molecule has 6 nitrogen and oxygen atoms in total. The molecule has 0 aliphatic rings. The van der Waals surface area contributed by atoms with Gasteiger partial charge in [-0.15, -0.1) is 0 Å².